The van der Waals surface area contributed by atoms with Crippen molar-refractivity contribution in [2.45, 2.75) is 0 Å². The van der Waals surface area contributed by atoms with Crippen molar-refractivity contribution in [3.63, 3.8) is 0 Å². The molecule has 0 saturated carbocycles. The first kappa shape index (κ1) is 5.16. The molecule has 2 heterocycles. The van der Waals surface area contributed by atoms with Crippen LogP contribution in [-0.4, -0.2) is 25.6 Å². The van der Waals surface area contributed by atoms with E-state index in [2.05, 4.69) is 25.6 Å². The number of hydrogen-bond acceptors (Lipinski definition) is 5. The molecule has 0 aliphatic heterocycles. The third-order valence-electron chi connectivity index (χ3n) is 1.10. The lowest BCUT2D eigenvalue weighted by Crippen LogP contribution is -1.93. The Morgan fingerprint density at radius 1 is 1.10 bits per heavy atom. The fraction of sp³-hybridized carbons (Fsp3) is 0. The first-order chi connectivity index (χ1) is 4.97. The lowest BCUT2D eigenvalue weighted by Gasteiger charge is -1.86. The van der Waals surface area contributed by atoms with Crippen LogP contribution in [-0.2, 0) is 0 Å². The molecule has 2 aromatic rings. The van der Waals surface area contributed by atoms with Gasteiger partial charge < -0.3 is 0 Å². The van der Waals surface area contributed by atoms with Crippen molar-refractivity contribution in [3.8, 4) is 0 Å². The molecule has 0 aliphatic carbocycles. The zero-order chi connectivity index (χ0) is 6.81. The summed E-state index contributed by atoms with van der Waals surface area (Å²) in [5.41, 5.74) is 1.19. The summed E-state index contributed by atoms with van der Waals surface area (Å²) < 4.78 is 0. The van der Waals surface area contributed by atoms with Crippen molar-refractivity contribution in [1.29, 1.82) is 0 Å². The first-order valence-corrected chi connectivity index (χ1v) is 2.73. The molecule has 5 heteroatoms. The summed E-state index contributed by atoms with van der Waals surface area (Å²) in [6.45, 7) is 0. The van der Waals surface area contributed by atoms with E-state index in [4.69, 9.17) is 0 Å². The van der Waals surface area contributed by atoms with E-state index in [-0.39, 0.29) is 0 Å². The van der Waals surface area contributed by atoms with Gasteiger partial charge in [-0.25, -0.2) is 4.98 Å². The number of fused-ring (bicyclic) bond motifs is 1. The minimum absolute atomic E-state index is 0.525. The van der Waals surface area contributed by atoms with Gasteiger partial charge in [0.2, 0.25) is 5.65 Å². The fourth-order valence-electron chi connectivity index (χ4n) is 0.674. The molecule has 0 N–H and O–H groups in total. The monoisotopic (exact) mass is 133 g/mol. The van der Waals surface area contributed by atoms with Crippen molar-refractivity contribution in [1.82, 2.24) is 25.6 Å². The van der Waals surface area contributed by atoms with Crippen LogP contribution in [0.5, 0.6) is 0 Å². The Morgan fingerprint density at radius 3 is 2.90 bits per heavy atom. The van der Waals surface area contributed by atoms with Crippen molar-refractivity contribution in [2.75, 3.05) is 0 Å². The van der Waals surface area contributed by atoms with Gasteiger partial charge in [0, 0.05) is 6.20 Å². The molecule has 2 rings (SSSR count). The highest BCUT2D eigenvalue weighted by Crippen LogP contribution is 1.97. The molecule has 10 heavy (non-hydrogen) atoms. The van der Waals surface area contributed by atoms with E-state index >= 15 is 0 Å². The van der Waals surface area contributed by atoms with Gasteiger partial charge in [-0.1, -0.05) is 0 Å². The fourth-order valence-corrected chi connectivity index (χ4v) is 0.674. The average molecular weight is 133 g/mol. The van der Waals surface area contributed by atoms with E-state index in [1.807, 2.05) is 0 Å². The maximum atomic E-state index is 3.91. The smallest absolute Gasteiger partial charge is 0.204 e. The highest BCUT2D eigenvalue weighted by molar-refractivity contribution is 5.66. The van der Waals surface area contributed by atoms with Gasteiger partial charge in [0.25, 0.3) is 0 Å². The highest BCUT2D eigenvalue weighted by atomic mass is 15.4. The van der Waals surface area contributed by atoms with Gasteiger partial charge in [-0.3, -0.25) is 0 Å². The van der Waals surface area contributed by atoms with Crippen LogP contribution in [0, 0.1) is 0 Å². The highest BCUT2D eigenvalue weighted by Gasteiger charge is 1.92. The molecule has 48 valence electrons. The van der Waals surface area contributed by atoms with Crippen molar-refractivity contribution >= 4 is 11.2 Å². The van der Waals surface area contributed by atoms with E-state index < -0.39 is 0 Å². The molecule has 0 aliphatic rings. The Morgan fingerprint density at radius 2 is 2.00 bits per heavy atom. The molecule has 0 fully saturated rings. The van der Waals surface area contributed by atoms with Crippen molar-refractivity contribution in [3.05, 3.63) is 18.3 Å². The number of hydrogen-bond donors (Lipinski definition) is 0. The topological polar surface area (TPSA) is 64.5 Å². The molecule has 2 aromatic heterocycles. The largest absolute Gasteiger partial charge is 0.234 e. The van der Waals surface area contributed by atoms with E-state index in [0.717, 1.165) is 0 Å². The third kappa shape index (κ3) is 0.680. The normalized spacial score (nSPS) is 10.0. The summed E-state index contributed by atoms with van der Waals surface area (Å²) in [5.74, 6) is 0. The van der Waals surface area contributed by atoms with Gasteiger partial charge in [-0.05, 0) is 22.6 Å². The number of nitrogens with zero attached hydrogens (tertiary/aromatic N) is 5. The van der Waals surface area contributed by atoms with Gasteiger partial charge >= 0.3 is 0 Å². The maximum Gasteiger partial charge on any atom is 0.204 e. The minimum Gasteiger partial charge on any atom is -0.234 e. The van der Waals surface area contributed by atoms with Gasteiger partial charge in [0.1, 0.15) is 5.52 Å². The summed E-state index contributed by atoms with van der Waals surface area (Å²) in [5, 5.41) is 14.0. The molecule has 0 aromatic carbocycles. The number of rotatable bonds is 0. The van der Waals surface area contributed by atoms with Gasteiger partial charge in [0.05, 0.1) is 0 Å². The molecular weight excluding hydrogens is 130 g/mol. The number of pyridine rings is 1. The zero-order valence-electron chi connectivity index (χ0n) is 4.97. The van der Waals surface area contributed by atoms with Crippen LogP contribution in [0.1, 0.15) is 0 Å². The SMILES string of the molecule is c1cnc2nnnnc2c1. The Kier molecular flexibility index (Phi) is 1.00. The van der Waals surface area contributed by atoms with Gasteiger partial charge in [-0.15, -0.1) is 10.2 Å². The Bertz CT molecular complexity index is 281. The van der Waals surface area contributed by atoms with Crippen LogP contribution in [0.4, 0.5) is 0 Å². The maximum absolute atomic E-state index is 3.91. The Hall–Kier alpha value is -1.65. The quantitative estimate of drug-likeness (QED) is 0.498. The van der Waals surface area contributed by atoms with Crippen LogP contribution in [0.25, 0.3) is 11.2 Å². The lowest BCUT2D eigenvalue weighted by molar-refractivity contribution is 0.790. The summed E-state index contributed by atoms with van der Waals surface area (Å²) in [6.07, 6.45) is 1.64. The second-order valence-corrected chi connectivity index (χ2v) is 1.73. The van der Waals surface area contributed by atoms with E-state index in [9.17, 15) is 0 Å². The van der Waals surface area contributed by atoms with Crippen LogP contribution in [0.2, 0.25) is 0 Å². The van der Waals surface area contributed by atoms with Crippen LogP contribution in [0.15, 0.2) is 18.3 Å². The second kappa shape index (κ2) is 1.94. The van der Waals surface area contributed by atoms with E-state index in [1.54, 1.807) is 18.3 Å². The molecule has 0 amide bonds. The lowest BCUT2D eigenvalue weighted by atomic mass is 10.4. The molecule has 0 bridgehead atoms. The summed E-state index contributed by atoms with van der Waals surface area (Å²) in [6, 6.07) is 3.56. The molecule has 5 nitrogen and oxygen atoms in total. The van der Waals surface area contributed by atoms with E-state index in [1.165, 1.54) is 0 Å². The zero-order valence-corrected chi connectivity index (χ0v) is 4.97. The van der Waals surface area contributed by atoms with Crippen LogP contribution in [0.3, 0.4) is 0 Å². The summed E-state index contributed by atoms with van der Waals surface area (Å²) >= 11 is 0. The van der Waals surface area contributed by atoms with Crippen LogP contribution >= 0.6 is 0 Å². The molecule has 0 unspecified atom stereocenters. The van der Waals surface area contributed by atoms with Crippen molar-refractivity contribution in [2.24, 2.45) is 0 Å². The van der Waals surface area contributed by atoms with E-state index in [0.29, 0.717) is 11.2 Å². The minimum atomic E-state index is 0.525. The second-order valence-electron chi connectivity index (χ2n) is 1.73. The third-order valence-corrected chi connectivity index (χ3v) is 1.10. The molecule has 0 radical (unpaired) electrons. The van der Waals surface area contributed by atoms with Crippen LogP contribution < -0.4 is 0 Å². The molecular formula is C5H3N5. The first-order valence-electron chi connectivity index (χ1n) is 2.73. The molecule has 0 atom stereocenters. The molecule has 0 saturated heterocycles. The summed E-state index contributed by atoms with van der Waals surface area (Å²) in [7, 11) is 0. The standard InChI is InChI=1S/C5H3N5/c1-2-4-5(6-3-1)8-10-9-7-4/h1-3H. The predicted molar refractivity (Wildman–Crippen MR) is 32.9 cm³/mol. The summed E-state index contributed by atoms with van der Waals surface area (Å²) in [4.78, 5) is 3.91. The van der Waals surface area contributed by atoms with Crippen molar-refractivity contribution < 1.29 is 0 Å². The van der Waals surface area contributed by atoms with Gasteiger partial charge in [0.15, 0.2) is 0 Å². The average Bonchev–Trinajstić information content (AvgIpc) is 2.05. The molecule has 0 spiro atoms. The van der Waals surface area contributed by atoms with Gasteiger partial charge in [-0.2, -0.15) is 0 Å². The predicted octanol–water partition coefficient (Wildman–Crippen LogP) is -0.185. The Labute approximate surface area is 56.1 Å². The Balaban J connectivity index is 2.89. The number of aromatic nitrogens is 5.